The Bertz CT molecular complexity index is 907. The van der Waals surface area contributed by atoms with Crippen LogP contribution in [0.15, 0.2) is 34.7 Å². The van der Waals surface area contributed by atoms with Gasteiger partial charge in [-0.2, -0.15) is 9.38 Å². The minimum Gasteiger partial charge on any atom is -0.358 e. The van der Waals surface area contributed by atoms with Gasteiger partial charge in [0.2, 0.25) is 5.82 Å². The van der Waals surface area contributed by atoms with E-state index in [4.69, 9.17) is 0 Å². The highest BCUT2D eigenvalue weighted by Gasteiger charge is 2.28. The van der Waals surface area contributed by atoms with E-state index in [0.29, 0.717) is 4.96 Å². The fraction of sp³-hybridized carbons (Fsp3) is 0.214. The van der Waals surface area contributed by atoms with Gasteiger partial charge in [0.05, 0.1) is 6.04 Å². The van der Waals surface area contributed by atoms with Gasteiger partial charge in [-0.3, -0.25) is 0 Å². The van der Waals surface area contributed by atoms with Crippen LogP contribution in [0.1, 0.15) is 18.0 Å². The first-order valence-electron chi connectivity index (χ1n) is 6.92. The minimum absolute atomic E-state index is 0.0857. The lowest BCUT2D eigenvalue weighted by Gasteiger charge is -2.25. The molecule has 0 amide bonds. The molecule has 0 radical (unpaired) electrons. The molecule has 0 saturated carbocycles. The average Bonchev–Trinajstić information content (AvgIpc) is 3.07. The van der Waals surface area contributed by atoms with E-state index in [1.165, 1.54) is 27.9 Å². The smallest absolute Gasteiger partial charge is 0.358 e. The number of imidazole rings is 1. The van der Waals surface area contributed by atoms with Crippen LogP contribution in [0.25, 0.3) is 4.96 Å². The summed E-state index contributed by atoms with van der Waals surface area (Å²) in [7, 11) is 0. The van der Waals surface area contributed by atoms with E-state index < -0.39 is 4.92 Å². The highest BCUT2D eigenvalue weighted by molar-refractivity contribution is 7.99. The van der Waals surface area contributed by atoms with Crippen LogP contribution in [0.2, 0.25) is 0 Å². The van der Waals surface area contributed by atoms with Crippen molar-refractivity contribution in [2.24, 2.45) is 0 Å². The molecule has 9 heteroatoms. The summed E-state index contributed by atoms with van der Waals surface area (Å²) in [4.78, 5) is 16.8. The van der Waals surface area contributed by atoms with E-state index in [9.17, 15) is 14.5 Å². The largest absolute Gasteiger partial charge is 0.372 e. The van der Waals surface area contributed by atoms with Crippen molar-refractivity contribution in [1.29, 1.82) is 0 Å². The molecule has 1 N–H and O–H groups in total. The van der Waals surface area contributed by atoms with Crippen LogP contribution in [-0.2, 0) is 0 Å². The van der Waals surface area contributed by atoms with Crippen LogP contribution in [0, 0.1) is 15.9 Å². The van der Waals surface area contributed by atoms with Gasteiger partial charge in [-0.1, -0.05) is 11.3 Å². The molecule has 0 spiro atoms. The molecule has 23 heavy (non-hydrogen) atoms. The quantitative estimate of drug-likeness (QED) is 0.569. The van der Waals surface area contributed by atoms with Crippen LogP contribution in [0.4, 0.5) is 16.0 Å². The molecule has 1 aliphatic rings. The van der Waals surface area contributed by atoms with E-state index in [1.54, 1.807) is 29.4 Å². The maximum Gasteiger partial charge on any atom is 0.372 e. The maximum absolute atomic E-state index is 13.6. The molecule has 0 aliphatic carbocycles. The van der Waals surface area contributed by atoms with Crippen LogP contribution in [-0.4, -0.2) is 20.1 Å². The summed E-state index contributed by atoms with van der Waals surface area (Å²) in [6, 6.07) is 4.49. The summed E-state index contributed by atoms with van der Waals surface area (Å²) in [6.45, 7) is 0. The lowest BCUT2D eigenvalue weighted by Crippen LogP contribution is -2.17. The SMILES string of the molecule is O=[N+]([O-])c1c(NC2CCSc3ccc(F)cc32)nc2sccn12. The van der Waals surface area contributed by atoms with Gasteiger partial charge in [-0.25, -0.2) is 4.39 Å². The Morgan fingerprint density at radius 3 is 3.17 bits per heavy atom. The monoisotopic (exact) mass is 350 g/mol. The number of thioether (sulfide) groups is 1. The Kier molecular flexibility index (Phi) is 3.46. The van der Waals surface area contributed by atoms with Crippen molar-refractivity contribution < 1.29 is 9.31 Å². The van der Waals surface area contributed by atoms with Crippen molar-refractivity contribution in [2.45, 2.75) is 17.4 Å². The predicted molar refractivity (Wildman–Crippen MR) is 87.8 cm³/mol. The Balaban J connectivity index is 1.75. The van der Waals surface area contributed by atoms with Crippen LogP contribution in [0.5, 0.6) is 0 Å². The zero-order valence-electron chi connectivity index (χ0n) is 11.7. The molecule has 1 atom stereocenters. The summed E-state index contributed by atoms with van der Waals surface area (Å²) >= 11 is 3.00. The molecule has 0 fully saturated rings. The highest BCUT2D eigenvalue weighted by atomic mass is 32.2. The lowest BCUT2D eigenvalue weighted by molar-refractivity contribution is -0.389. The van der Waals surface area contributed by atoms with Crippen molar-refractivity contribution >= 4 is 39.7 Å². The molecule has 4 rings (SSSR count). The molecule has 0 bridgehead atoms. The van der Waals surface area contributed by atoms with Crippen LogP contribution in [0.3, 0.4) is 0 Å². The molecule has 1 unspecified atom stereocenters. The Labute approximate surface area is 138 Å². The number of nitrogens with zero attached hydrogens (tertiary/aromatic N) is 3. The molecule has 1 aromatic carbocycles. The standard InChI is InChI=1S/C14H11FN4O2S2/c15-8-1-2-11-9(7-8)10(3-5-22-11)16-12-13(19(20)21)18-4-6-23-14(18)17-12/h1-2,4,6-7,10,16H,3,5H2. The predicted octanol–water partition coefficient (Wildman–Crippen LogP) is 4.09. The minimum atomic E-state index is -0.445. The molecule has 3 heterocycles. The van der Waals surface area contributed by atoms with Crippen LogP contribution < -0.4 is 5.32 Å². The fourth-order valence-electron chi connectivity index (χ4n) is 2.73. The van der Waals surface area contributed by atoms with Gasteiger partial charge in [-0.05, 0) is 35.1 Å². The molecule has 1 aliphatic heterocycles. The second-order valence-electron chi connectivity index (χ2n) is 5.11. The number of aromatic nitrogens is 2. The Morgan fingerprint density at radius 2 is 2.35 bits per heavy atom. The average molecular weight is 350 g/mol. The van der Waals surface area contributed by atoms with Crippen molar-refractivity contribution in [3.63, 3.8) is 0 Å². The number of hydrogen-bond acceptors (Lipinski definition) is 6. The number of benzene rings is 1. The molecular formula is C14H11FN4O2S2. The van der Waals surface area contributed by atoms with Crippen molar-refractivity contribution in [3.8, 4) is 0 Å². The number of thiazole rings is 1. The topological polar surface area (TPSA) is 72.5 Å². The van der Waals surface area contributed by atoms with Gasteiger partial charge in [0.1, 0.15) is 12.0 Å². The number of nitrogens with one attached hydrogen (secondary N) is 1. The summed E-state index contributed by atoms with van der Waals surface area (Å²) in [5.74, 6) is 0.705. The maximum atomic E-state index is 13.6. The number of halogens is 1. The van der Waals surface area contributed by atoms with E-state index in [-0.39, 0.29) is 23.5 Å². The molecular weight excluding hydrogens is 339 g/mol. The summed E-state index contributed by atoms with van der Waals surface area (Å²) in [5.41, 5.74) is 0.826. The lowest BCUT2D eigenvalue weighted by atomic mass is 10.0. The highest BCUT2D eigenvalue weighted by Crippen LogP contribution is 2.39. The molecule has 118 valence electrons. The van der Waals surface area contributed by atoms with Gasteiger partial charge in [0, 0.05) is 16.0 Å². The number of rotatable bonds is 3. The van der Waals surface area contributed by atoms with Gasteiger partial charge < -0.3 is 15.4 Å². The van der Waals surface area contributed by atoms with E-state index in [2.05, 4.69) is 10.3 Å². The summed E-state index contributed by atoms with van der Waals surface area (Å²) in [5, 5.41) is 16.3. The van der Waals surface area contributed by atoms with E-state index >= 15 is 0 Å². The normalized spacial score (nSPS) is 17.2. The zero-order valence-corrected chi connectivity index (χ0v) is 13.4. The molecule has 6 nitrogen and oxygen atoms in total. The van der Waals surface area contributed by atoms with E-state index in [1.807, 2.05) is 0 Å². The first-order chi connectivity index (χ1) is 11.1. The third-order valence-electron chi connectivity index (χ3n) is 3.73. The summed E-state index contributed by atoms with van der Waals surface area (Å²) in [6.07, 6.45) is 2.38. The number of anilines is 1. The third-order valence-corrected chi connectivity index (χ3v) is 5.61. The summed E-state index contributed by atoms with van der Waals surface area (Å²) < 4.78 is 15.0. The number of fused-ring (bicyclic) bond motifs is 2. The van der Waals surface area contributed by atoms with Crippen molar-refractivity contribution in [3.05, 3.63) is 51.3 Å². The Hall–Kier alpha value is -2.13. The fourth-order valence-corrected chi connectivity index (χ4v) is 4.54. The van der Waals surface area contributed by atoms with Gasteiger partial charge >= 0.3 is 5.82 Å². The molecule has 2 aromatic heterocycles. The van der Waals surface area contributed by atoms with Crippen molar-refractivity contribution in [2.75, 3.05) is 11.1 Å². The molecule has 3 aromatic rings. The second kappa shape index (κ2) is 5.50. The zero-order chi connectivity index (χ0) is 16.0. The number of nitro groups is 1. The first-order valence-corrected chi connectivity index (χ1v) is 8.79. The number of hydrogen-bond donors (Lipinski definition) is 1. The van der Waals surface area contributed by atoms with Gasteiger partial charge in [-0.15, -0.1) is 11.8 Å². The first kappa shape index (κ1) is 14.5. The van der Waals surface area contributed by atoms with Gasteiger partial charge in [0.15, 0.2) is 0 Å². The van der Waals surface area contributed by atoms with Crippen LogP contribution >= 0.6 is 23.1 Å². The van der Waals surface area contributed by atoms with E-state index in [0.717, 1.165) is 22.6 Å². The second-order valence-corrected chi connectivity index (χ2v) is 7.12. The van der Waals surface area contributed by atoms with Gasteiger partial charge in [0.25, 0.3) is 4.96 Å². The van der Waals surface area contributed by atoms with Crippen molar-refractivity contribution in [1.82, 2.24) is 9.38 Å². The Morgan fingerprint density at radius 1 is 1.48 bits per heavy atom. The molecule has 0 saturated heterocycles. The third kappa shape index (κ3) is 2.45.